The van der Waals surface area contributed by atoms with Crippen LogP contribution in [0.2, 0.25) is 0 Å². The quantitative estimate of drug-likeness (QED) is 0.478. The summed E-state index contributed by atoms with van der Waals surface area (Å²) in [5.41, 5.74) is 8.95. The molecule has 29 heavy (non-hydrogen) atoms. The van der Waals surface area contributed by atoms with Crippen LogP contribution in [-0.2, 0) is 0 Å². The second-order valence-electron chi connectivity index (χ2n) is 6.92. The van der Waals surface area contributed by atoms with Crippen LogP contribution in [0.4, 0.5) is 5.69 Å². The summed E-state index contributed by atoms with van der Waals surface area (Å²) in [5.74, 6) is -0.753. The number of hydrogen-bond acceptors (Lipinski definition) is 5. The molecular formula is C22H24N4O3. The number of nitrogen functional groups attached to an aromatic ring is 1. The molecule has 7 nitrogen and oxygen atoms in total. The van der Waals surface area contributed by atoms with Crippen molar-refractivity contribution in [3.05, 3.63) is 71.0 Å². The van der Waals surface area contributed by atoms with Crippen LogP contribution >= 0.6 is 0 Å². The van der Waals surface area contributed by atoms with Gasteiger partial charge in [0, 0.05) is 30.4 Å². The van der Waals surface area contributed by atoms with Crippen molar-refractivity contribution in [2.24, 2.45) is 0 Å². The number of aliphatic hydroxyl groups excluding tert-OH is 1. The van der Waals surface area contributed by atoms with E-state index in [1.54, 1.807) is 12.3 Å². The maximum atomic E-state index is 12.4. The average molecular weight is 392 g/mol. The van der Waals surface area contributed by atoms with Crippen molar-refractivity contribution in [1.29, 1.82) is 0 Å². The highest BCUT2D eigenvalue weighted by atomic mass is 16.3. The third-order valence-corrected chi connectivity index (χ3v) is 4.92. The Bertz CT molecular complexity index is 1060. The first kappa shape index (κ1) is 20.3. The fourth-order valence-electron chi connectivity index (χ4n) is 3.01. The van der Waals surface area contributed by atoms with Crippen molar-refractivity contribution in [3.8, 4) is 0 Å². The molecule has 0 unspecified atom stereocenters. The number of carbonyl (C=O) groups is 2. The van der Waals surface area contributed by atoms with Gasteiger partial charge in [-0.3, -0.25) is 14.6 Å². The molecule has 0 fully saturated rings. The van der Waals surface area contributed by atoms with E-state index in [0.29, 0.717) is 16.9 Å². The molecule has 5 N–H and O–H groups in total. The first-order valence-electron chi connectivity index (χ1n) is 9.32. The monoisotopic (exact) mass is 392 g/mol. The normalized spacial score (nSPS) is 11.8. The van der Waals surface area contributed by atoms with Crippen LogP contribution in [0, 0.1) is 13.8 Å². The summed E-state index contributed by atoms with van der Waals surface area (Å²) in [7, 11) is 0. The summed E-state index contributed by atoms with van der Waals surface area (Å²) in [5, 5.41) is 17.1. The predicted octanol–water partition coefficient (Wildman–Crippen LogP) is 1.95. The van der Waals surface area contributed by atoms with Gasteiger partial charge in [-0.1, -0.05) is 30.3 Å². The van der Waals surface area contributed by atoms with Gasteiger partial charge in [-0.05, 0) is 42.5 Å². The van der Waals surface area contributed by atoms with Crippen molar-refractivity contribution in [2.45, 2.75) is 20.0 Å². The number of rotatable bonds is 6. The molecule has 0 aliphatic rings. The number of anilines is 1. The Kier molecular flexibility index (Phi) is 6.09. The zero-order chi connectivity index (χ0) is 21.0. The molecule has 0 aliphatic carbocycles. The van der Waals surface area contributed by atoms with Gasteiger partial charge >= 0.3 is 0 Å². The molecule has 1 heterocycles. The summed E-state index contributed by atoms with van der Waals surface area (Å²) in [4.78, 5) is 28.9. The third kappa shape index (κ3) is 4.52. The number of pyridine rings is 1. The van der Waals surface area contributed by atoms with Crippen LogP contribution in [-0.4, -0.2) is 41.1 Å². The Labute approximate surface area is 169 Å². The van der Waals surface area contributed by atoms with Crippen molar-refractivity contribution in [1.82, 2.24) is 15.6 Å². The molecule has 1 atom stereocenters. The van der Waals surface area contributed by atoms with Crippen molar-refractivity contribution in [2.75, 3.05) is 18.8 Å². The zero-order valence-electron chi connectivity index (χ0n) is 16.4. The smallest absolute Gasteiger partial charge is 0.270 e. The van der Waals surface area contributed by atoms with Crippen LogP contribution in [0.25, 0.3) is 10.8 Å². The summed E-state index contributed by atoms with van der Waals surface area (Å²) in [6, 6.07) is 12.8. The fourth-order valence-corrected chi connectivity index (χ4v) is 3.01. The predicted molar refractivity (Wildman–Crippen MR) is 113 cm³/mol. The maximum absolute atomic E-state index is 12.4. The van der Waals surface area contributed by atoms with Crippen molar-refractivity contribution < 1.29 is 14.7 Å². The van der Waals surface area contributed by atoms with Gasteiger partial charge in [0.1, 0.15) is 5.69 Å². The molecule has 0 saturated heterocycles. The Hall–Kier alpha value is -3.45. The molecule has 3 aromatic rings. The Balaban J connectivity index is 1.56. The minimum Gasteiger partial charge on any atom is -0.398 e. The number of hydrogen-bond donors (Lipinski definition) is 4. The van der Waals surface area contributed by atoms with E-state index in [0.717, 1.165) is 21.9 Å². The van der Waals surface area contributed by atoms with Gasteiger partial charge in [-0.2, -0.15) is 0 Å². The van der Waals surface area contributed by atoms with Crippen molar-refractivity contribution >= 4 is 28.3 Å². The molecule has 1 aromatic heterocycles. The third-order valence-electron chi connectivity index (χ3n) is 4.92. The minimum atomic E-state index is -0.953. The zero-order valence-corrected chi connectivity index (χ0v) is 16.4. The van der Waals surface area contributed by atoms with Gasteiger partial charge in [-0.25, -0.2) is 0 Å². The largest absolute Gasteiger partial charge is 0.398 e. The highest BCUT2D eigenvalue weighted by Gasteiger charge is 2.16. The van der Waals surface area contributed by atoms with Gasteiger partial charge in [0.05, 0.1) is 11.7 Å². The number of amides is 2. The molecule has 3 rings (SSSR count). The number of nitrogens with zero attached hydrogens (tertiary/aromatic N) is 1. The number of nitrogens with one attached hydrogen (secondary N) is 2. The first-order chi connectivity index (χ1) is 13.9. The van der Waals surface area contributed by atoms with Gasteiger partial charge in [-0.15, -0.1) is 0 Å². The number of nitrogens with two attached hydrogens (primary N) is 1. The maximum Gasteiger partial charge on any atom is 0.270 e. The lowest BCUT2D eigenvalue weighted by Gasteiger charge is -2.15. The van der Waals surface area contributed by atoms with Crippen LogP contribution in [0.3, 0.4) is 0 Å². The standard InChI is InChI=1S/C22H24N4O3/c1-13-7-8-18(19(23)14(13)2)21(28)25-11-16(27)12-26-22(29)20-17-6-4-3-5-15(17)9-10-24-20/h3-10,16,27H,11-12,23H2,1-2H3,(H,25,28)(H,26,29)/t16-/m1/s1. The Morgan fingerprint density at radius 1 is 1.03 bits per heavy atom. The highest BCUT2D eigenvalue weighted by molar-refractivity contribution is 6.05. The Morgan fingerprint density at radius 3 is 2.48 bits per heavy atom. The molecule has 150 valence electrons. The number of aryl methyl sites for hydroxylation is 1. The minimum absolute atomic E-state index is 0.0194. The molecule has 0 spiro atoms. The summed E-state index contributed by atoms with van der Waals surface area (Å²) < 4.78 is 0. The topological polar surface area (TPSA) is 117 Å². The lowest BCUT2D eigenvalue weighted by molar-refractivity contribution is 0.0884. The molecular weight excluding hydrogens is 368 g/mol. The summed E-state index contributed by atoms with van der Waals surface area (Å²) >= 11 is 0. The van der Waals surface area contributed by atoms with E-state index in [2.05, 4.69) is 15.6 Å². The van der Waals surface area contributed by atoms with Crippen molar-refractivity contribution in [3.63, 3.8) is 0 Å². The second-order valence-corrected chi connectivity index (χ2v) is 6.92. The van der Waals surface area contributed by atoms with Gasteiger partial charge in [0.2, 0.25) is 0 Å². The highest BCUT2D eigenvalue weighted by Crippen LogP contribution is 2.20. The molecule has 0 aliphatic heterocycles. The number of benzene rings is 2. The van der Waals surface area contributed by atoms with E-state index in [-0.39, 0.29) is 24.9 Å². The average Bonchev–Trinajstić information content (AvgIpc) is 2.73. The van der Waals surface area contributed by atoms with Gasteiger partial charge < -0.3 is 21.5 Å². The molecule has 2 amide bonds. The Morgan fingerprint density at radius 2 is 1.72 bits per heavy atom. The van der Waals surface area contributed by atoms with Crippen LogP contribution < -0.4 is 16.4 Å². The van der Waals surface area contributed by atoms with E-state index >= 15 is 0 Å². The van der Waals surface area contributed by atoms with E-state index in [1.807, 2.05) is 50.2 Å². The number of fused-ring (bicyclic) bond motifs is 1. The lowest BCUT2D eigenvalue weighted by Crippen LogP contribution is -2.40. The van der Waals surface area contributed by atoms with Crippen LogP contribution in [0.15, 0.2) is 48.7 Å². The van der Waals surface area contributed by atoms with Gasteiger partial charge in [0.15, 0.2) is 0 Å². The molecule has 0 radical (unpaired) electrons. The lowest BCUT2D eigenvalue weighted by atomic mass is 10.0. The van der Waals surface area contributed by atoms with Gasteiger partial charge in [0.25, 0.3) is 11.8 Å². The molecule has 0 saturated carbocycles. The van der Waals surface area contributed by atoms with E-state index in [9.17, 15) is 14.7 Å². The molecule has 2 aromatic carbocycles. The van der Waals surface area contributed by atoms with E-state index in [1.165, 1.54) is 0 Å². The summed E-state index contributed by atoms with van der Waals surface area (Å²) in [6.45, 7) is 3.73. The molecule has 7 heteroatoms. The first-order valence-corrected chi connectivity index (χ1v) is 9.32. The summed E-state index contributed by atoms with van der Waals surface area (Å²) in [6.07, 6.45) is 0.618. The number of aliphatic hydroxyl groups is 1. The van der Waals surface area contributed by atoms with Crippen LogP contribution in [0.5, 0.6) is 0 Å². The fraction of sp³-hybridized carbons (Fsp3) is 0.227. The molecule has 0 bridgehead atoms. The van der Waals surface area contributed by atoms with Crippen LogP contribution in [0.1, 0.15) is 32.0 Å². The number of carbonyl (C=O) groups excluding carboxylic acids is 2. The SMILES string of the molecule is Cc1ccc(C(=O)NC[C@@H](O)CNC(=O)c2nccc3ccccc23)c(N)c1C. The van der Waals surface area contributed by atoms with E-state index in [4.69, 9.17) is 5.73 Å². The number of aromatic nitrogens is 1. The second kappa shape index (κ2) is 8.70. The van der Waals surface area contributed by atoms with E-state index < -0.39 is 6.10 Å².